The van der Waals surface area contributed by atoms with Gasteiger partial charge in [-0.25, -0.2) is 4.79 Å². The predicted molar refractivity (Wildman–Crippen MR) is 72.7 cm³/mol. The van der Waals surface area contributed by atoms with Gasteiger partial charge in [0.15, 0.2) is 6.04 Å². The Hall–Kier alpha value is -2.09. The fraction of sp³-hybridized carbons (Fsp3) is 0.429. The van der Waals surface area contributed by atoms with E-state index in [-0.39, 0.29) is 13.0 Å². The predicted octanol–water partition coefficient (Wildman–Crippen LogP) is 1.17. The number of carbonyl (C=O) groups is 2. The van der Waals surface area contributed by atoms with E-state index in [1.807, 2.05) is 5.32 Å². The number of nitrogens with one attached hydrogen (secondary N) is 1. The average molecular weight is 318 g/mol. The molecule has 0 aliphatic carbocycles. The van der Waals surface area contributed by atoms with Crippen molar-refractivity contribution in [1.29, 1.82) is 0 Å². The minimum absolute atomic E-state index is 0.00991. The van der Waals surface area contributed by atoms with Gasteiger partial charge in [0.25, 0.3) is 0 Å². The summed E-state index contributed by atoms with van der Waals surface area (Å²) >= 11 is 0. The Morgan fingerprint density at radius 3 is 2.36 bits per heavy atom. The summed E-state index contributed by atoms with van der Waals surface area (Å²) < 4.78 is 42.0. The number of benzene rings is 1. The van der Waals surface area contributed by atoms with Crippen LogP contribution in [0.1, 0.15) is 12.5 Å². The number of halogens is 3. The van der Waals surface area contributed by atoms with Gasteiger partial charge < -0.3 is 15.8 Å². The number of rotatable bonds is 6. The second-order valence-electron chi connectivity index (χ2n) is 4.52. The van der Waals surface area contributed by atoms with E-state index in [0.717, 1.165) is 0 Å². The summed E-state index contributed by atoms with van der Waals surface area (Å²) in [6.07, 6.45) is -4.87. The van der Waals surface area contributed by atoms with E-state index in [4.69, 9.17) is 10.5 Å². The topological polar surface area (TPSA) is 81.4 Å². The molecule has 0 aliphatic rings. The first kappa shape index (κ1) is 18.0. The quantitative estimate of drug-likeness (QED) is 0.772. The van der Waals surface area contributed by atoms with E-state index in [2.05, 4.69) is 0 Å². The Kier molecular flexibility index (Phi) is 6.36. The fourth-order valence-corrected chi connectivity index (χ4v) is 1.70. The second kappa shape index (κ2) is 7.79. The van der Waals surface area contributed by atoms with Crippen LogP contribution in [0.5, 0.6) is 0 Å². The van der Waals surface area contributed by atoms with Crippen LogP contribution in [-0.4, -0.2) is 36.7 Å². The van der Waals surface area contributed by atoms with E-state index < -0.39 is 30.1 Å². The van der Waals surface area contributed by atoms with E-state index in [9.17, 15) is 22.8 Å². The van der Waals surface area contributed by atoms with Crippen molar-refractivity contribution in [2.45, 2.75) is 31.6 Å². The molecule has 2 atom stereocenters. The first-order chi connectivity index (χ1) is 10.3. The van der Waals surface area contributed by atoms with Gasteiger partial charge in [0, 0.05) is 6.42 Å². The van der Waals surface area contributed by atoms with Crippen molar-refractivity contribution in [3.8, 4) is 0 Å². The summed E-state index contributed by atoms with van der Waals surface area (Å²) in [4.78, 5) is 23.3. The number of carbonyl (C=O) groups excluding carboxylic acids is 2. The number of esters is 1. The molecule has 0 saturated heterocycles. The van der Waals surface area contributed by atoms with Gasteiger partial charge in [-0.05, 0) is 12.5 Å². The molecule has 0 radical (unpaired) electrons. The van der Waals surface area contributed by atoms with Crippen molar-refractivity contribution in [3.63, 3.8) is 0 Å². The SMILES string of the molecule is CCOC(=O)[C@H](Cc1ccccc1)NC(=O)C(N)C(F)(F)F. The lowest BCUT2D eigenvalue weighted by Gasteiger charge is -2.21. The second-order valence-corrected chi connectivity index (χ2v) is 4.52. The molecule has 0 fully saturated rings. The number of amides is 1. The zero-order valence-electron chi connectivity index (χ0n) is 11.9. The van der Waals surface area contributed by atoms with Crippen LogP contribution in [0.3, 0.4) is 0 Å². The molecule has 1 rings (SSSR count). The third kappa shape index (κ3) is 5.36. The highest BCUT2D eigenvalue weighted by atomic mass is 19.4. The summed E-state index contributed by atoms with van der Waals surface area (Å²) in [5.41, 5.74) is 5.49. The fourth-order valence-electron chi connectivity index (χ4n) is 1.70. The van der Waals surface area contributed by atoms with Gasteiger partial charge in [-0.1, -0.05) is 30.3 Å². The molecule has 1 amide bonds. The Bertz CT molecular complexity index is 506. The van der Waals surface area contributed by atoms with Gasteiger partial charge in [0.1, 0.15) is 6.04 Å². The molecule has 3 N–H and O–H groups in total. The monoisotopic (exact) mass is 318 g/mol. The summed E-state index contributed by atoms with van der Waals surface area (Å²) in [6.45, 7) is 1.60. The zero-order valence-corrected chi connectivity index (χ0v) is 11.9. The van der Waals surface area contributed by atoms with E-state index in [1.54, 1.807) is 37.3 Å². The van der Waals surface area contributed by atoms with Gasteiger partial charge in [-0.3, -0.25) is 4.79 Å². The van der Waals surface area contributed by atoms with Crippen molar-refractivity contribution in [2.24, 2.45) is 5.73 Å². The number of ether oxygens (including phenoxy) is 1. The maximum absolute atomic E-state index is 12.4. The standard InChI is InChI=1S/C14H17F3N2O3/c1-2-22-13(21)10(8-9-6-4-3-5-7-9)19-12(20)11(18)14(15,16)17/h3-7,10-11H,2,8,18H2,1H3,(H,19,20)/t10-,11?/m0/s1. The third-order valence-electron chi connectivity index (χ3n) is 2.81. The van der Waals surface area contributed by atoms with E-state index in [0.29, 0.717) is 5.56 Å². The molecule has 0 aliphatic heterocycles. The van der Waals surface area contributed by atoms with Crippen molar-refractivity contribution in [2.75, 3.05) is 6.61 Å². The maximum Gasteiger partial charge on any atom is 0.412 e. The highest BCUT2D eigenvalue weighted by Crippen LogP contribution is 2.18. The van der Waals surface area contributed by atoms with Crippen LogP contribution in [0.15, 0.2) is 30.3 Å². The zero-order chi connectivity index (χ0) is 16.8. The van der Waals surface area contributed by atoms with Crippen LogP contribution >= 0.6 is 0 Å². The average Bonchev–Trinajstić information content (AvgIpc) is 2.46. The summed E-state index contributed by atoms with van der Waals surface area (Å²) in [7, 11) is 0. The molecule has 122 valence electrons. The molecule has 8 heteroatoms. The molecule has 0 bridgehead atoms. The van der Waals surface area contributed by atoms with E-state index in [1.165, 1.54) is 0 Å². The molecule has 1 unspecified atom stereocenters. The molecule has 0 saturated carbocycles. The molecule has 0 aromatic heterocycles. The van der Waals surface area contributed by atoms with Gasteiger partial charge in [-0.2, -0.15) is 13.2 Å². The number of hydrogen-bond donors (Lipinski definition) is 2. The van der Waals surface area contributed by atoms with Crippen LogP contribution in [0.2, 0.25) is 0 Å². The minimum atomic E-state index is -4.88. The molecule has 1 aromatic carbocycles. The third-order valence-corrected chi connectivity index (χ3v) is 2.81. The maximum atomic E-state index is 12.4. The Morgan fingerprint density at radius 1 is 1.27 bits per heavy atom. The van der Waals surface area contributed by atoms with Crippen molar-refractivity contribution in [1.82, 2.24) is 5.32 Å². The highest BCUT2D eigenvalue weighted by molar-refractivity contribution is 5.88. The summed E-state index contributed by atoms with van der Waals surface area (Å²) in [5, 5.41) is 2.00. The molecule has 5 nitrogen and oxygen atoms in total. The summed E-state index contributed by atoms with van der Waals surface area (Å²) in [5.74, 6) is -2.28. The molecule has 22 heavy (non-hydrogen) atoms. The molecular formula is C14H17F3N2O3. The number of nitrogens with two attached hydrogens (primary N) is 1. The van der Waals surface area contributed by atoms with Crippen LogP contribution in [-0.2, 0) is 20.7 Å². The molecule has 0 spiro atoms. The first-order valence-electron chi connectivity index (χ1n) is 6.59. The Labute approximate surface area is 125 Å². The van der Waals surface area contributed by atoms with E-state index >= 15 is 0 Å². The minimum Gasteiger partial charge on any atom is -0.464 e. The lowest BCUT2D eigenvalue weighted by molar-refractivity contribution is -0.165. The van der Waals surface area contributed by atoms with Crippen LogP contribution in [0, 0.1) is 0 Å². The first-order valence-corrected chi connectivity index (χ1v) is 6.59. The Morgan fingerprint density at radius 2 is 1.86 bits per heavy atom. The van der Waals surface area contributed by atoms with Crippen LogP contribution in [0.4, 0.5) is 13.2 Å². The van der Waals surface area contributed by atoms with Crippen LogP contribution in [0.25, 0.3) is 0 Å². The molecule has 1 aromatic rings. The number of alkyl halides is 3. The highest BCUT2D eigenvalue weighted by Gasteiger charge is 2.43. The molecule has 0 heterocycles. The molecular weight excluding hydrogens is 301 g/mol. The Balaban J connectivity index is 2.82. The normalized spacial score (nSPS) is 14.0. The largest absolute Gasteiger partial charge is 0.464 e. The lowest BCUT2D eigenvalue weighted by atomic mass is 10.1. The van der Waals surface area contributed by atoms with Crippen molar-refractivity contribution >= 4 is 11.9 Å². The van der Waals surface area contributed by atoms with Gasteiger partial charge in [0.2, 0.25) is 5.91 Å². The van der Waals surface area contributed by atoms with Gasteiger partial charge >= 0.3 is 12.1 Å². The smallest absolute Gasteiger partial charge is 0.412 e. The summed E-state index contributed by atoms with van der Waals surface area (Å²) in [6, 6.07) is 4.61. The van der Waals surface area contributed by atoms with Crippen molar-refractivity contribution in [3.05, 3.63) is 35.9 Å². The van der Waals surface area contributed by atoms with Gasteiger partial charge in [-0.15, -0.1) is 0 Å². The lowest BCUT2D eigenvalue weighted by Crippen LogP contribution is -2.55. The van der Waals surface area contributed by atoms with Crippen LogP contribution < -0.4 is 11.1 Å². The van der Waals surface area contributed by atoms with Crippen molar-refractivity contribution < 1.29 is 27.5 Å². The number of hydrogen-bond acceptors (Lipinski definition) is 4. The van der Waals surface area contributed by atoms with Gasteiger partial charge in [0.05, 0.1) is 6.61 Å².